The van der Waals surface area contributed by atoms with Crippen LogP contribution in [-0.4, -0.2) is 24.2 Å². The summed E-state index contributed by atoms with van der Waals surface area (Å²) in [5, 5.41) is 4.58. The monoisotopic (exact) mass is 244 g/mol. The van der Waals surface area contributed by atoms with E-state index in [2.05, 4.69) is 10.6 Å². The summed E-state index contributed by atoms with van der Waals surface area (Å²) in [6.07, 6.45) is 0. The topological polar surface area (TPSA) is 58.2 Å². The van der Waals surface area contributed by atoms with Gasteiger partial charge in [-0.2, -0.15) is 0 Å². The molecule has 0 aromatic heterocycles. The highest BCUT2D eigenvalue weighted by Crippen LogP contribution is 2.11. The molecule has 4 nitrogen and oxygen atoms in total. The van der Waals surface area contributed by atoms with Crippen molar-refractivity contribution in [3.63, 3.8) is 0 Å². The molecular weight excluding hydrogens is 235 g/mol. The van der Waals surface area contributed by atoms with Crippen LogP contribution >= 0.6 is 11.6 Å². The van der Waals surface area contributed by atoms with Crippen LogP contribution in [0.25, 0.3) is 0 Å². The van der Waals surface area contributed by atoms with Crippen LogP contribution in [0.1, 0.15) is 0 Å². The molecule has 0 bridgehead atoms. The third-order valence-corrected chi connectivity index (χ3v) is 1.96. The molecule has 0 aliphatic heterocycles. The SMILES string of the molecule is O=C(CCl)NCC(=O)Nc1ccccc1F. The molecule has 0 aliphatic rings. The Labute approximate surface area is 96.8 Å². The van der Waals surface area contributed by atoms with Gasteiger partial charge in [0.25, 0.3) is 0 Å². The maximum absolute atomic E-state index is 13.1. The molecule has 0 fully saturated rings. The van der Waals surface area contributed by atoms with Crippen molar-refractivity contribution in [1.29, 1.82) is 0 Å². The van der Waals surface area contributed by atoms with Crippen molar-refractivity contribution in [2.24, 2.45) is 0 Å². The summed E-state index contributed by atoms with van der Waals surface area (Å²) in [5.41, 5.74) is 0.0765. The zero-order valence-corrected chi connectivity index (χ0v) is 9.05. The van der Waals surface area contributed by atoms with Crippen LogP contribution in [0.2, 0.25) is 0 Å². The summed E-state index contributed by atoms with van der Waals surface area (Å²) in [4.78, 5) is 22.0. The normalized spacial score (nSPS) is 9.62. The minimum absolute atomic E-state index is 0.0765. The van der Waals surface area contributed by atoms with Crippen molar-refractivity contribution < 1.29 is 14.0 Å². The number of halogens is 2. The van der Waals surface area contributed by atoms with Gasteiger partial charge in [-0.05, 0) is 12.1 Å². The molecule has 1 aromatic rings. The lowest BCUT2D eigenvalue weighted by molar-refractivity contribution is -0.122. The highest BCUT2D eigenvalue weighted by atomic mass is 35.5. The minimum Gasteiger partial charge on any atom is -0.346 e. The first-order chi connectivity index (χ1) is 7.63. The van der Waals surface area contributed by atoms with Gasteiger partial charge >= 0.3 is 0 Å². The van der Waals surface area contributed by atoms with Gasteiger partial charge in [0, 0.05) is 0 Å². The lowest BCUT2D eigenvalue weighted by atomic mass is 10.3. The predicted molar refractivity (Wildman–Crippen MR) is 58.8 cm³/mol. The van der Waals surface area contributed by atoms with Crippen LogP contribution in [0, 0.1) is 5.82 Å². The summed E-state index contributed by atoms with van der Waals surface area (Å²) in [7, 11) is 0. The Morgan fingerprint density at radius 2 is 1.94 bits per heavy atom. The minimum atomic E-state index is -0.528. The van der Waals surface area contributed by atoms with Crippen LogP contribution in [0.4, 0.5) is 10.1 Å². The van der Waals surface area contributed by atoms with Gasteiger partial charge in [-0.25, -0.2) is 4.39 Å². The fourth-order valence-electron chi connectivity index (χ4n) is 0.983. The molecule has 2 N–H and O–H groups in total. The van der Waals surface area contributed by atoms with E-state index in [0.717, 1.165) is 0 Å². The first-order valence-corrected chi connectivity index (χ1v) is 5.04. The van der Waals surface area contributed by atoms with E-state index < -0.39 is 17.6 Å². The Balaban J connectivity index is 2.46. The first-order valence-electron chi connectivity index (χ1n) is 4.50. The van der Waals surface area contributed by atoms with E-state index in [0.29, 0.717) is 0 Å². The molecule has 1 aromatic carbocycles. The Hall–Kier alpha value is -1.62. The highest BCUT2D eigenvalue weighted by Gasteiger charge is 2.07. The second-order valence-electron chi connectivity index (χ2n) is 2.94. The van der Waals surface area contributed by atoms with Gasteiger partial charge in [0.05, 0.1) is 12.2 Å². The molecule has 0 radical (unpaired) electrons. The number of hydrogen-bond donors (Lipinski definition) is 2. The zero-order valence-electron chi connectivity index (χ0n) is 8.30. The van der Waals surface area contributed by atoms with Gasteiger partial charge in [-0.1, -0.05) is 12.1 Å². The average Bonchev–Trinajstić information content (AvgIpc) is 2.29. The average molecular weight is 245 g/mol. The maximum Gasteiger partial charge on any atom is 0.243 e. The third kappa shape index (κ3) is 3.86. The molecule has 6 heteroatoms. The van der Waals surface area contributed by atoms with Crippen LogP contribution in [0.3, 0.4) is 0 Å². The molecule has 0 saturated heterocycles. The fourth-order valence-corrected chi connectivity index (χ4v) is 1.08. The number of alkyl halides is 1. The van der Waals surface area contributed by atoms with E-state index in [1.54, 1.807) is 6.07 Å². The van der Waals surface area contributed by atoms with Crippen molar-refractivity contribution >= 4 is 29.1 Å². The van der Waals surface area contributed by atoms with E-state index in [9.17, 15) is 14.0 Å². The number of carbonyl (C=O) groups is 2. The fraction of sp³-hybridized carbons (Fsp3) is 0.200. The van der Waals surface area contributed by atoms with Gasteiger partial charge in [-0.3, -0.25) is 9.59 Å². The molecule has 86 valence electrons. The van der Waals surface area contributed by atoms with Crippen molar-refractivity contribution in [2.45, 2.75) is 0 Å². The van der Waals surface area contributed by atoms with Crippen LogP contribution in [0.5, 0.6) is 0 Å². The summed E-state index contributed by atoms with van der Waals surface area (Å²) in [6, 6.07) is 5.76. The number of rotatable bonds is 4. The number of amides is 2. The van der Waals surface area contributed by atoms with E-state index >= 15 is 0 Å². The summed E-state index contributed by atoms with van der Waals surface area (Å²) in [5.74, 6) is -1.71. The second kappa shape index (κ2) is 6.07. The van der Waals surface area contributed by atoms with E-state index in [-0.39, 0.29) is 18.1 Å². The van der Waals surface area contributed by atoms with Gasteiger partial charge in [0.1, 0.15) is 11.7 Å². The van der Waals surface area contributed by atoms with Crippen LogP contribution < -0.4 is 10.6 Å². The quantitative estimate of drug-likeness (QED) is 0.780. The summed E-state index contributed by atoms with van der Waals surface area (Å²) < 4.78 is 13.1. The number of carbonyl (C=O) groups excluding carboxylic acids is 2. The lowest BCUT2D eigenvalue weighted by Crippen LogP contribution is -2.33. The number of benzene rings is 1. The van der Waals surface area contributed by atoms with E-state index in [4.69, 9.17) is 11.6 Å². The lowest BCUT2D eigenvalue weighted by Gasteiger charge is -2.06. The molecule has 0 aliphatic carbocycles. The van der Waals surface area contributed by atoms with Crippen molar-refractivity contribution in [2.75, 3.05) is 17.7 Å². The number of hydrogen-bond acceptors (Lipinski definition) is 2. The van der Waals surface area contributed by atoms with Crippen LogP contribution in [-0.2, 0) is 9.59 Å². The van der Waals surface area contributed by atoms with Crippen molar-refractivity contribution in [1.82, 2.24) is 5.32 Å². The number of anilines is 1. The Bertz CT molecular complexity index is 398. The van der Waals surface area contributed by atoms with E-state index in [1.165, 1.54) is 18.2 Å². The summed E-state index contributed by atoms with van der Waals surface area (Å²) >= 11 is 5.22. The van der Waals surface area contributed by atoms with Crippen molar-refractivity contribution in [3.8, 4) is 0 Å². The Morgan fingerprint density at radius 3 is 2.56 bits per heavy atom. The Kier molecular flexibility index (Phi) is 4.72. The zero-order chi connectivity index (χ0) is 12.0. The molecule has 0 unspecified atom stereocenters. The molecule has 0 atom stereocenters. The molecule has 0 saturated carbocycles. The first kappa shape index (κ1) is 12.4. The highest BCUT2D eigenvalue weighted by molar-refractivity contribution is 6.27. The molecule has 2 amide bonds. The second-order valence-corrected chi connectivity index (χ2v) is 3.21. The van der Waals surface area contributed by atoms with Crippen molar-refractivity contribution in [3.05, 3.63) is 30.1 Å². The maximum atomic E-state index is 13.1. The molecule has 1 rings (SSSR count). The van der Waals surface area contributed by atoms with Crippen LogP contribution in [0.15, 0.2) is 24.3 Å². The van der Waals surface area contributed by atoms with Gasteiger partial charge < -0.3 is 10.6 Å². The predicted octanol–water partition coefficient (Wildman–Crippen LogP) is 1.12. The largest absolute Gasteiger partial charge is 0.346 e. The summed E-state index contributed by atoms with van der Waals surface area (Å²) in [6.45, 7) is -0.236. The number of para-hydroxylation sites is 1. The third-order valence-electron chi connectivity index (χ3n) is 1.72. The Morgan fingerprint density at radius 1 is 1.25 bits per heavy atom. The molecule has 0 heterocycles. The van der Waals surface area contributed by atoms with Gasteiger partial charge in [0.15, 0.2) is 0 Å². The standard InChI is InChI=1S/C10H10ClFN2O2/c11-5-9(15)13-6-10(16)14-8-4-2-1-3-7(8)12/h1-4H,5-6H2,(H,13,15)(H,14,16). The molecular formula is C10H10ClFN2O2. The smallest absolute Gasteiger partial charge is 0.243 e. The molecule has 0 spiro atoms. The van der Waals surface area contributed by atoms with E-state index in [1.807, 2.05) is 0 Å². The van der Waals surface area contributed by atoms with Gasteiger partial charge in [-0.15, -0.1) is 11.6 Å². The number of nitrogens with one attached hydrogen (secondary N) is 2. The van der Waals surface area contributed by atoms with Gasteiger partial charge in [0.2, 0.25) is 11.8 Å². The molecule has 16 heavy (non-hydrogen) atoms.